The van der Waals surface area contributed by atoms with E-state index in [1.165, 1.54) is 30.3 Å². The Hall–Kier alpha value is -2.59. The second-order valence-corrected chi connectivity index (χ2v) is 6.80. The number of anilines is 1. The smallest absolute Gasteiger partial charge is 0.293 e. The van der Waals surface area contributed by atoms with Crippen molar-refractivity contribution in [1.82, 2.24) is 5.43 Å². The van der Waals surface area contributed by atoms with E-state index in [2.05, 4.69) is 0 Å². The largest absolute Gasteiger partial charge is 0.416 e. The van der Waals surface area contributed by atoms with Gasteiger partial charge in [-0.05, 0) is 30.3 Å². The molecular formula is C15H14F3N3O3S. The van der Waals surface area contributed by atoms with Gasteiger partial charge in [0.1, 0.15) is 6.54 Å². The topological polar surface area (TPSA) is 92.5 Å². The van der Waals surface area contributed by atoms with Gasteiger partial charge in [-0.1, -0.05) is 24.3 Å². The first-order valence-corrected chi connectivity index (χ1v) is 8.35. The number of hydrogen-bond donors (Lipinski definition) is 2. The summed E-state index contributed by atoms with van der Waals surface area (Å²) in [6.45, 7) is -0.769. The first-order valence-electron chi connectivity index (χ1n) is 6.91. The van der Waals surface area contributed by atoms with Gasteiger partial charge < -0.3 is 0 Å². The predicted molar refractivity (Wildman–Crippen MR) is 84.7 cm³/mol. The van der Waals surface area contributed by atoms with Gasteiger partial charge in [-0.3, -0.25) is 14.5 Å². The maximum atomic E-state index is 12.9. The average molecular weight is 373 g/mol. The van der Waals surface area contributed by atoms with E-state index in [4.69, 9.17) is 5.84 Å². The third kappa shape index (κ3) is 4.28. The van der Waals surface area contributed by atoms with Crippen LogP contribution >= 0.6 is 0 Å². The van der Waals surface area contributed by atoms with E-state index in [1.807, 2.05) is 0 Å². The minimum Gasteiger partial charge on any atom is -0.293 e. The molecule has 0 saturated heterocycles. The molecule has 25 heavy (non-hydrogen) atoms. The summed E-state index contributed by atoms with van der Waals surface area (Å²) < 4.78 is 64.8. The molecule has 3 N–H and O–H groups in total. The van der Waals surface area contributed by atoms with E-state index < -0.39 is 34.2 Å². The Morgan fingerprint density at radius 3 is 2.28 bits per heavy atom. The number of sulfonamides is 1. The predicted octanol–water partition coefficient (Wildman–Crippen LogP) is 1.89. The van der Waals surface area contributed by atoms with E-state index in [9.17, 15) is 26.4 Å². The Kier molecular flexibility index (Phi) is 5.33. The van der Waals surface area contributed by atoms with E-state index in [0.29, 0.717) is 10.4 Å². The fraction of sp³-hybridized carbons (Fsp3) is 0.133. The molecule has 0 saturated carbocycles. The molecule has 0 fully saturated rings. The van der Waals surface area contributed by atoms with E-state index >= 15 is 0 Å². The van der Waals surface area contributed by atoms with Crippen molar-refractivity contribution in [1.29, 1.82) is 0 Å². The lowest BCUT2D eigenvalue weighted by Gasteiger charge is -2.24. The number of halogens is 3. The maximum absolute atomic E-state index is 12.9. The summed E-state index contributed by atoms with van der Waals surface area (Å²) in [6, 6.07) is 10.7. The van der Waals surface area contributed by atoms with E-state index in [1.54, 1.807) is 11.5 Å². The van der Waals surface area contributed by atoms with Crippen molar-refractivity contribution >= 4 is 21.6 Å². The van der Waals surface area contributed by atoms with Crippen molar-refractivity contribution in [2.45, 2.75) is 11.1 Å². The van der Waals surface area contributed by atoms with Gasteiger partial charge in [0, 0.05) is 0 Å². The molecule has 0 unspecified atom stereocenters. The molecule has 0 heterocycles. The highest BCUT2D eigenvalue weighted by atomic mass is 32.2. The summed E-state index contributed by atoms with van der Waals surface area (Å²) in [5.41, 5.74) is 0.427. The van der Waals surface area contributed by atoms with Crippen LogP contribution < -0.4 is 15.6 Å². The van der Waals surface area contributed by atoms with Gasteiger partial charge in [0.05, 0.1) is 16.1 Å². The number of amides is 1. The van der Waals surface area contributed by atoms with Crippen molar-refractivity contribution in [3.63, 3.8) is 0 Å². The van der Waals surface area contributed by atoms with Crippen molar-refractivity contribution in [2.75, 3.05) is 10.8 Å². The molecule has 10 heteroatoms. The molecule has 0 aromatic heterocycles. The summed E-state index contributed by atoms with van der Waals surface area (Å²) in [5, 5.41) is 0. The van der Waals surface area contributed by atoms with Gasteiger partial charge in [0.2, 0.25) is 0 Å². The Morgan fingerprint density at radius 2 is 1.72 bits per heavy atom. The Morgan fingerprint density at radius 1 is 1.08 bits per heavy atom. The maximum Gasteiger partial charge on any atom is 0.416 e. The lowest BCUT2D eigenvalue weighted by molar-refractivity contribution is -0.137. The van der Waals surface area contributed by atoms with Crippen LogP contribution in [-0.2, 0) is 21.0 Å². The highest BCUT2D eigenvalue weighted by Crippen LogP contribution is 2.33. The minimum absolute atomic E-state index is 0.169. The third-order valence-electron chi connectivity index (χ3n) is 3.24. The molecule has 0 radical (unpaired) electrons. The first-order chi connectivity index (χ1) is 11.7. The Labute approximate surface area is 142 Å². The number of nitrogens with zero attached hydrogens (tertiary/aromatic N) is 1. The number of hydrogen-bond acceptors (Lipinski definition) is 4. The van der Waals surface area contributed by atoms with Crippen LogP contribution in [0.4, 0.5) is 18.9 Å². The van der Waals surface area contributed by atoms with Crippen molar-refractivity contribution < 1.29 is 26.4 Å². The molecular weight excluding hydrogens is 359 g/mol. The van der Waals surface area contributed by atoms with E-state index in [0.717, 1.165) is 12.1 Å². The SMILES string of the molecule is NNC(=O)CN(c1cccc(C(F)(F)F)c1)S(=O)(=O)c1ccccc1. The number of rotatable bonds is 5. The second kappa shape index (κ2) is 7.11. The molecule has 0 aliphatic rings. The number of nitrogens with one attached hydrogen (secondary N) is 1. The normalized spacial score (nSPS) is 11.8. The van der Waals surface area contributed by atoms with Gasteiger partial charge in [0.15, 0.2) is 0 Å². The molecule has 134 valence electrons. The van der Waals surface area contributed by atoms with Crippen LogP contribution in [0.2, 0.25) is 0 Å². The standard InChI is InChI=1S/C15H14F3N3O3S/c16-15(17,18)11-5-4-6-12(9-11)21(10-14(22)20-19)25(23,24)13-7-2-1-3-8-13/h1-9H,10,19H2,(H,20,22). The molecule has 0 bridgehead atoms. The average Bonchev–Trinajstić information content (AvgIpc) is 2.59. The molecule has 6 nitrogen and oxygen atoms in total. The minimum atomic E-state index is -4.66. The summed E-state index contributed by atoms with van der Waals surface area (Å²) >= 11 is 0. The number of benzene rings is 2. The summed E-state index contributed by atoms with van der Waals surface area (Å²) in [6.07, 6.45) is -4.66. The van der Waals surface area contributed by atoms with Gasteiger partial charge in [-0.15, -0.1) is 0 Å². The van der Waals surface area contributed by atoms with Crippen molar-refractivity contribution in [3.8, 4) is 0 Å². The van der Waals surface area contributed by atoms with Gasteiger partial charge in [-0.2, -0.15) is 13.2 Å². The first kappa shape index (κ1) is 18.7. The zero-order valence-corrected chi connectivity index (χ0v) is 13.5. The van der Waals surface area contributed by atoms with Crippen LogP contribution in [0.3, 0.4) is 0 Å². The number of carbonyl (C=O) groups is 1. The second-order valence-electron chi connectivity index (χ2n) is 4.94. The van der Waals surface area contributed by atoms with Crippen molar-refractivity contribution in [2.24, 2.45) is 5.84 Å². The van der Waals surface area contributed by atoms with Crippen LogP contribution in [0, 0.1) is 0 Å². The lowest BCUT2D eigenvalue weighted by Crippen LogP contribution is -2.43. The van der Waals surface area contributed by atoms with Crippen LogP contribution in [0.1, 0.15) is 5.56 Å². The van der Waals surface area contributed by atoms with Gasteiger partial charge >= 0.3 is 6.18 Å². The summed E-state index contributed by atoms with van der Waals surface area (Å²) in [4.78, 5) is 11.4. The Bertz CT molecular complexity index is 855. The number of nitrogens with two attached hydrogens (primary N) is 1. The quantitative estimate of drug-likeness (QED) is 0.476. The molecule has 0 aliphatic carbocycles. The van der Waals surface area contributed by atoms with Gasteiger partial charge in [-0.25, -0.2) is 14.3 Å². The highest BCUT2D eigenvalue weighted by molar-refractivity contribution is 7.92. The monoisotopic (exact) mass is 373 g/mol. The fourth-order valence-corrected chi connectivity index (χ4v) is 3.48. The van der Waals surface area contributed by atoms with Crippen LogP contribution in [-0.4, -0.2) is 20.9 Å². The molecule has 1 amide bonds. The molecule has 2 rings (SSSR count). The number of carbonyl (C=O) groups excluding carboxylic acids is 1. The van der Waals surface area contributed by atoms with Crippen LogP contribution in [0.15, 0.2) is 59.5 Å². The lowest BCUT2D eigenvalue weighted by atomic mass is 10.2. The number of alkyl halides is 3. The molecule has 0 atom stereocenters. The summed E-state index contributed by atoms with van der Waals surface area (Å²) in [5.74, 6) is 4.10. The molecule has 0 aliphatic heterocycles. The molecule has 2 aromatic rings. The Balaban J connectivity index is 2.56. The summed E-state index contributed by atoms with van der Waals surface area (Å²) in [7, 11) is -4.27. The third-order valence-corrected chi connectivity index (χ3v) is 5.03. The molecule has 0 spiro atoms. The van der Waals surface area contributed by atoms with Crippen LogP contribution in [0.25, 0.3) is 0 Å². The number of hydrazine groups is 1. The van der Waals surface area contributed by atoms with Crippen LogP contribution in [0.5, 0.6) is 0 Å². The van der Waals surface area contributed by atoms with E-state index in [-0.39, 0.29) is 10.6 Å². The highest BCUT2D eigenvalue weighted by Gasteiger charge is 2.33. The molecule has 2 aromatic carbocycles. The fourth-order valence-electron chi connectivity index (χ4n) is 2.05. The zero-order chi connectivity index (χ0) is 18.7. The zero-order valence-electron chi connectivity index (χ0n) is 12.7. The van der Waals surface area contributed by atoms with Crippen molar-refractivity contribution in [3.05, 3.63) is 60.2 Å². The van der Waals surface area contributed by atoms with Gasteiger partial charge in [0.25, 0.3) is 15.9 Å².